The van der Waals surface area contributed by atoms with Gasteiger partial charge < -0.3 is 10.1 Å². The first-order chi connectivity index (χ1) is 13.5. The third kappa shape index (κ3) is 5.71. The fourth-order valence-electron chi connectivity index (χ4n) is 4.44. The van der Waals surface area contributed by atoms with Crippen molar-refractivity contribution in [3.63, 3.8) is 0 Å². The lowest BCUT2D eigenvalue weighted by molar-refractivity contribution is -0.128. The van der Waals surface area contributed by atoms with Crippen molar-refractivity contribution in [1.82, 2.24) is 15.1 Å². The van der Waals surface area contributed by atoms with E-state index in [-0.39, 0.29) is 11.9 Å². The number of amides is 1. The second-order valence-corrected chi connectivity index (χ2v) is 8.60. The number of para-hydroxylation sites is 1. The summed E-state index contributed by atoms with van der Waals surface area (Å²) in [6, 6.07) is 10.3. The predicted octanol–water partition coefficient (Wildman–Crippen LogP) is 3.01. The first-order valence-electron chi connectivity index (χ1n) is 11.0. The highest BCUT2D eigenvalue weighted by atomic mass is 16.5. The van der Waals surface area contributed by atoms with Gasteiger partial charge in [-0.25, -0.2) is 0 Å². The summed E-state index contributed by atoms with van der Waals surface area (Å²) in [4.78, 5) is 17.5. The standard InChI is InChI=1S/C23H37N3O2/c1-18-8-7-11-22(19(18)2)24-23(27)20(3)26-14-12-25(13-15-26)16-17-28-21-9-5-4-6-10-21/h4-6,9-10,18-20,22H,7-8,11-17H2,1-3H3,(H,24,27). The van der Waals surface area contributed by atoms with Crippen molar-refractivity contribution in [2.45, 2.75) is 52.1 Å². The molecule has 1 aliphatic heterocycles. The van der Waals surface area contributed by atoms with Crippen molar-refractivity contribution >= 4 is 5.91 Å². The van der Waals surface area contributed by atoms with Crippen LogP contribution in [0.15, 0.2) is 30.3 Å². The molecule has 1 aliphatic carbocycles. The highest BCUT2D eigenvalue weighted by molar-refractivity contribution is 5.81. The number of benzene rings is 1. The zero-order chi connectivity index (χ0) is 19.9. The van der Waals surface area contributed by atoms with Gasteiger partial charge in [0.1, 0.15) is 12.4 Å². The van der Waals surface area contributed by atoms with E-state index in [1.165, 1.54) is 12.8 Å². The van der Waals surface area contributed by atoms with Gasteiger partial charge in [-0.3, -0.25) is 14.6 Å². The summed E-state index contributed by atoms with van der Waals surface area (Å²) in [5, 5.41) is 3.35. The van der Waals surface area contributed by atoms with E-state index in [1.54, 1.807) is 0 Å². The molecule has 2 fully saturated rings. The van der Waals surface area contributed by atoms with Crippen LogP contribution in [-0.4, -0.2) is 67.1 Å². The summed E-state index contributed by atoms with van der Waals surface area (Å²) in [6.07, 6.45) is 3.65. The van der Waals surface area contributed by atoms with Crippen molar-refractivity contribution in [1.29, 1.82) is 0 Å². The molecular formula is C23H37N3O2. The van der Waals surface area contributed by atoms with E-state index in [0.717, 1.165) is 44.9 Å². The first kappa shape index (κ1) is 21.1. The molecule has 1 aromatic carbocycles. The minimum atomic E-state index is -0.0489. The third-order valence-corrected chi connectivity index (χ3v) is 6.79. The normalized spacial score (nSPS) is 27.9. The quantitative estimate of drug-likeness (QED) is 0.781. The monoisotopic (exact) mass is 387 g/mol. The van der Waals surface area contributed by atoms with Gasteiger partial charge in [0, 0.05) is 38.8 Å². The Morgan fingerprint density at radius 1 is 1.14 bits per heavy atom. The molecule has 4 atom stereocenters. The molecule has 1 saturated carbocycles. The Balaban J connectivity index is 1.37. The van der Waals surface area contributed by atoms with Crippen LogP contribution in [-0.2, 0) is 4.79 Å². The van der Waals surface area contributed by atoms with E-state index < -0.39 is 0 Å². The number of piperazine rings is 1. The number of hydrogen-bond acceptors (Lipinski definition) is 4. The van der Waals surface area contributed by atoms with Crippen LogP contribution in [0.3, 0.4) is 0 Å². The lowest BCUT2D eigenvalue weighted by Crippen LogP contribution is -2.56. The van der Waals surface area contributed by atoms with Crippen molar-refractivity contribution in [3.8, 4) is 5.75 Å². The number of carbonyl (C=O) groups excluding carboxylic acids is 1. The van der Waals surface area contributed by atoms with Gasteiger partial charge in [0.2, 0.25) is 5.91 Å². The summed E-state index contributed by atoms with van der Waals surface area (Å²) < 4.78 is 5.81. The topological polar surface area (TPSA) is 44.8 Å². The molecule has 2 aliphatic rings. The Bertz CT molecular complexity index is 601. The molecule has 4 unspecified atom stereocenters. The predicted molar refractivity (Wildman–Crippen MR) is 114 cm³/mol. The number of rotatable bonds is 7. The molecule has 1 heterocycles. The van der Waals surface area contributed by atoms with Crippen LogP contribution in [0.2, 0.25) is 0 Å². The van der Waals surface area contributed by atoms with Crippen LogP contribution in [0.5, 0.6) is 5.75 Å². The van der Waals surface area contributed by atoms with Crippen molar-refractivity contribution < 1.29 is 9.53 Å². The van der Waals surface area contributed by atoms with E-state index >= 15 is 0 Å². The molecule has 0 bridgehead atoms. The summed E-state index contributed by atoms with van der Waals surface area (Å²) in [7, 11) is 0. The van der Waals surface area contributed by atoms with Gasteiger partial charge in [0.05, 0.1) is 6.04 Å². The van der Waals surface area contributed by atoms with Gasteiger partial charge in [0.25, 0.3) is 0 Å². The van der Waals surface area contributed by atoms with Crippen LogP contribution in [0.4, 0.5) is 0 Å². The van der Waals surface area contributed by atoms with E-state index in [1.807, 2.05) is 30.3 Å². The fraction of sp³-hybridized carbons (Fsp3) is 0.696. The van der Waals surface area contributed by atoms with Crippen molar-refractivity contribution in [2.24, 2.45) is 11.8 Å². The van der Waals surface area contributed by atoms with Crippen LogP contribution in [0.1, 0.15) is 40.0 Å². The van der Waals surface area contributed by atoms with Gasteiger partial charge in [-0.15, -0.1) is 0 Å². The molecule has 3 rings (SSSR count). The Kier molecular flexibility index (Phi) is 7.74. The first-order valence-corrected chi connectivity index (χ1v) is 11.0. The molecule has 0 radical (unpaired) electrons. The summed E-state index contributed by atoms with van der Waals surface area (Å²) >= 11 is 0. The molecule has 5 heteroatoms. The number of nitrogens with one attached hydrogen (secondary N) is 1. The lowest BCUT2D eigenvalue weighted by Gasteiger charge is -2.39. The molecule has 1 N–H and O–H groups in total. The molecule has 1 amide bonds. The van der Waals surface area contributed by atoms with Gasteiger partial charge in [-0.2, -0.15) is 0 Å². The van der Waals surface area contributed by atoms with E-state index in [0.29, 0.717) is 24.5 Å². The molecule has 5 nitrogen and oxygen atoms in total. The van der Waals surface area contributed by atoms with Crippen LogP contribution < -0.4 is 10.1 Å². The van der Waals surface area contributed by atoms with Crippen LogP contribution in [0, 0.1) is 11.8 Å². The lowest BCUT2D eigenvalue weighted by atomic mass is 9.78. The Labute approximate surface area is 170 Å². The molecular weight excluding hydrogens is 350 g/mol. The van der Waals surface area contributed by atoms with Crippen LogP contribution >= 0.6 is 0 Å². The summed E-state index contributed by atoms with van der Waals surface area (Å²) in [5.41, 5.74) is 0. The molecule has 28 heavy (non-hydrogen) atoms. The van der Waals surface area contributed by atoms with E-state index in [9.17, 15) is 4.79 Å². The molecule has 0 spiro atoms. The average Bonchev–Trinajstić information content (AvgIpc) is 2.72. The zero-order valence-corrected chi connectivity index (χ0v) is 17.8. The van der Waals surface area contributed by atoms with Gasteiger partial charge >= 0.3 is 0 Å². The highest BCUT2D eigenvalue weighted by Gasteiger charge is 2.31. The fourth-order valence-corrected chi connectivity index (χ4v) is 4.44. The summed E-state index contributed by atoms with van der Waals surface area (Å²) in [5.74, 6) is 2.41. The van der Waals surface area contributed by atoms with E-state index in [4.69, 9.17) is 4.74 Å². The maximum absolute atomic E-state index is 12.8. The molecule has 156 valence electrons. The van der Waals surface area contributed by atoms with E-state index in [2.05, 4.69) is 35.9 Å². The maximum Gasteiger partial charge on any atom is 0.237 e. The largest absolute Gasteiger partial charge is 0.492 e. The van der Waals surface area contributed by atoms with Gasteiger partial charge in [-0.1, -0.05) is 44.9 Å². The Hall–Kier alpha value is -1.59. The van der Waals surface area contributed by atoms with Gasteiger partial charge in [0.15, 0.2) is 0 Å². The number of ether oxygens (including phenoxy) is 1. The highest BCUT2D eigenvalue weighted by Crippen LogP contribution is 2.29. The van der Waals surface area contributed by atoms with Crippen molar-refractivity contribution in [3.05, 3.63) is 30.3 Å². The third-order valence-electron chi connectivity index (χ3n) is 6.79. The molecule has 1 saturated heterocycles. The summed E-state index contributed by atoms with van der Waals surface area (Å²) in [6.45, 7) is 12.2. The second-order valence-electron chi connectivity index (χ2n) is 8.60. The average molecular weight is 388 g/mol. The van der Waals surface area contributed by atoms with Crippen LogP contribution in [0.25, 0.3) is 0 Å². The number of hydrogen-bond donors (Lipinski definition) is 1. The molecule has 0 aromatic heterocycles. The number of carbonyl (C=O) groups is 1. The minimum Gasteiger partial charge on any atom is -0.492 e. The Morgan fingerprint density at radius 2 is 1.86 bits per heavy atom. The SMILES string of the molecule is CC1CCCC(NC(=O)C(C)N2CCN(CCOc3ccccc3)CC2)C1C. The van der Waals surface area contributed by atoms with Gasteiger partial charge in [-0.05, 0) is 37.3 Å². The second kappa shape index (κ2) is 10.3. The zero-order valence-electron chi connectivity index (χ0n) is 17.8. The Morgan fingerprint density at radius 3 is 2.57 bits per heavy atom. The minimum absolute atomic E-state index is 0.0489. The van der Waals surface area contributed by atoms with Crippen molar-refractivity contribution in [2.75, 3.05) is 39.3 Å². The maximum atomic E-state index is 12.8. The molecule has 1 aromatic rings. The smallest absolute Gasteiger partial charge is 0.237 e. The number of nitrogens with zero attached hydrogens (tertiary/aromatic N) is 2.